The molecule has 1 heterocycles. The second-order valence-electron chi connectivity index (χ2n) is 5.63. The summed E-state index contributed by atoms with van der Waals surface area (Å²) in [5.41, 5.74) is 7.37. The van der Waals surface area contributed by atoms with Gasteiger partial charge in [0.15, 0.2) is 0 Å². The Labute approximate surface area is 126 Å². The van der Waals surface area contributed by atoms with Crippen molar-refractivity contribution in [2.45, 2.75) is 12.6 Å². The molecular weight excluding hydrogens is 266 g/mol. The molecule has 0 aromatic heterocycles. The second kappa shape index (κ2) is 7.40. The smallest absolute Gasteiger partial charge is 0.319 e. The maximum absolute atomic E-state index is 11.9. The topological polar surface area (TPSA) is 73.6 Å². The first-order chi connectivity index (χ1) is 10.1. The molecule has 0 unspecified atom stereocenters. The summed E-state index contributed by atoms with van der Waals surface area (Å²) in [6.07, 6.45) is 0. The number of amides is 2. The zero-order valence-corrected chi connectivity index (χ0v) is 12.8. The minimum absolute atomic E-state index is 0.169. The molecule has 1 aliphatic heterocycles. The number of benzene rings is 1. The van der Waals surface area contributed by atoms with E-state index < -0.39 is 0 Å². The van der Waals surface area contributed by atoms with Gasteiger partial charge in [-0.25, -0.2) is 4.79 Å². The van der Waals surface area contributed by atoms with Gasteiger partial charge in [-0.1, -0.05) is 12.1 Å². The summed E-state index contributed by atoms with van der Waals surface area (Å²) in [4.78, 5) is 16.5. The normalized spacial score (nSPS) is 20.2. The van der Waals surface area contributed by atoms with Gasteiger partial charge in [0.2, 0.25) is 0 Å². The number of carbonyl (C=O) groups excluding carboxylic acids is 1. The first-order valence-electron chi connectivity index (χ1n) is 7.31. The predicted molar refractivity (Wildman–Crippen MR) is 85.3 cm³/mol. The molecular formula is C15H25N5O. The number of urea groups is 1. The number of likely N-dealkylation sites (N-methyl/N-ethyl adjacent to an activating group) is 2. The Kier molecular flexibility index (Phi) is 5.55. The Morgan fingerprint density at radius 2 is 2.00 bits per heavy atom. The number of piperazine rings is 1. The summed E-state index contributed by atoms with van der Waals surface area (Å²) in [5, 5.41) is 5.77. The maximum atomic E-state index is 11.9. The number of nitrogens with one attached hydrogen (secondary N) is 2. The summed E-state index contributed by atoms with van der Waals surface area (Å²) in [7, 11) is 4.21. The van der Waals surface area contributed by atoms with Crippen LogP contribution in [-0.4, -0.2) is 62.1 Å². The SMILES string of the molecule is CN1CCN(C)[C@H](CNC(=O)Nc2ccc(CN)cc2)C1. The molecule has 1 aromatic rings. The van der Waals surface area contributed by atoms with E-state index in [9.17, 15) is 4.79 Å². The van der Waals surface area contributed by atoms with Crippen molar-refractivity contribution >= 4 is 11.7 Å². The van der Waals surface area contributed by atoms with Crippen LogP contribution in [0.4, 0.5) is 10.5 Å². The minimum atomic E-state index is -0.169. The highest BCUT2D eigenvalue weighted by atomic mass is 16.2. The lowest BCUT2D eigenvalue weighted by atomic mass is 10.2. The molecule has 0 spiro atoms. The average Bonchev–Trinajstić information content (AvgIpc) is 2.49. The third kappa shape index (κ3) is 4.70. The van der Waals surface area contributed by atoms with Crippen LogP contribution in [0.25, 0.3) is 0 Å². The Hall–Kier alpha value is -1.63. The van der Waals surface area contributed by atoms with Crippen molar-refractivity contribution in [3.05, 3.63) is 29.8 Å². The molecule has 0 saturated carbocycles. The molecule has 0 aliphatic carbocycles. The van der Waals surface area contributed by atoms with Crippen LogP contribution in [0, 0.1) is 0 Å². The van der Waals surface area contributed by atoms with Crippen molar-refractivity contribution in [1.29, 1.82) is 0 Å². The van der Waals surface area contributed by atoms with Crippen molar-refractivity contribution in [2.75, 3.05) is 45.6 Å². The van der Waals surface area contributed by atoms with E-state index in [0.29, 0.717) is 19.1 Å². The molecule has 21 heavy (non-hydrogen) atoms. The first-order valence-corrected chi connectivity index (χ1v) is 7.31. The maximum Gasteiger partial charge on any atom is 0.319 e. The van der Waals surface area contributed by atoms with E-state index in [-0.39, 0.29) is 6.03 Å². The standard InChI is InChI=1S/C15H25N5O/c1-19-7-8-20(2)14(11-19)10-17-15(21)18-13-5-3-12(9-16)4-6-13/h3-6,14H,7-11,16H2,1-2H3,(H2,17,18,21)/t14-/m1/s1. The van der Waals surface area contributed by atoms with Gasteiger partial charge in [-0.2, -0.15) is 0 Å². The third-order valence-electron chi connectivity index (χ3n) is 3.93. The van der Waals surface area contributed by atoms with Crippen LogP contribution >= 0.6 is 0 Å². The summed E-state index contributed by atoms with van der Waals surface area (Å²) >= 11 is 0. The first kappa shape index (κ1) is 15.8. The molecule has 1 aliphatic rings. The lowest BCUT2D eigenvalue weighted by Crippen LogP contribution is -2.54. The quantitative estimate of drug-likeness (QED) is 0.756. The largest absolute Gasteiger partial charge is 0.336 e. The highest BCUT2D eigenvalue weighted by molar-refractivity contribution is 5.89. The van der Waals surface area contributed by atoms with Crippen molar-refractivity contribution in [3.8, 4) is 0 Å². The van der Waals surface area contributed by atoms with E-state index in [4.69, 9.17) is 5.73 Å². The molecule has 116 valence electrons. The molecule has 0 bridgehead atoms. The Bertz CT molecular complexity index is 462. The predicted octanol–water partition coefficient (Wildman–Crippen LogP) is 0.513. The van der Waals surface area contributed by atoms with Crippen molar-refractivity contribution < 1.29 is 4.79 Å². The second-order valence-corrected chi connectivity index (χ2v) is 5.63. The van der Waals surface area contributed by atoms with Crippen LogP contribution in [0.15, 0.2) is 24.3 Å². The number of nitrogens with two attached hydrogens (primary N) is 1. The van der Waals surface area contributed by atoms with E-state index in [1.807, 2.05) is 24.3 Å². The van der Waals surface area contributed by atoms with Gasteiger partial charge in [-0.15, -0.1) is 0 Å². The van der Waals surface area contributed by atoms with E-state index in [0.717, 1.165) is 30.9 Å². The lowest BCUT2D eigenvalue weighted by Gasteiger charge is -2.37. The Morgan fingerprint density at radius 3 is 2.67 bits per heavy atom. The average molecular weight is 291 g/mol. The monoisotopic (exact) mass is 291 g/mol. The highest BCUT2D eigenvalue weighted by Gasteiger charge is 2.22. The molecule has 1 fully saturated rings. The molecule has 6 heteroatoms. The Balaban J connectivity index is 1.78. The van der Waals surface area contributed by atoms with Crippen LogP contribution in [0.5, 0.6) is 0 Å². The number of nitrogens with zero attached hydrogens (tertiary/aromatic N) is 2. The van der Waals surface area contributed by atoms with Gasteiger partial charge in [-0.05, 0) is 31.8 Å². The summed E-state index contributed by atoms with van der Waals surface area (Å²) < 4.78 is 0. The Morgan fingerprint density at radius 1 is 1.29 bits per heavy atom. The van der Waals surface area contributed by atoms with Gasteiger partial charge < -0.3 is 21.3 Å². The fraction of sp³-hybridized carbons (Fsp3) is 0.533. The molecule has 1 atom stereocenters. The fourth-order valence-electron chi connectivity index (χ4n) is 2.43. The minimum Gasteiger partial charge on any atom is -0.336 e. The fourth-order valence-corrected chi connectivity index (χ4v) is 2.43. The third-order valence-corrected chi connectivity index (χ3v) is 3.93. The number of carbonyl (C=O) groups is 1. The van der Waals surface area contributed by atoms with Crippen LogP contribution in [0.2, 0.25) is 0 Å². The molecule has 2 amide bonds. The van der Waals surface area contributed by atoms with Crippen LogP contribution < -0.4 is 16.4 Å². The number of anilines is 1. The van der Waals surface area contributed by atoms with Crippen LogP contribution in [0.3, 0.4) is 0 Å². The number of hydrogen-bond donors (Lipinski definition) is 3. The number of rotatable bonds is 4. The molecule has 1 saturated heterocycles. The van der Waals surface area contributed by atoms with Gasteiger partial charge >= 0.3 is 6.03 Å². The van der Waals surface area contributed by atoms with Crippen molar-refractivity contribution in [2.24, 2.45) is 5.73 Å². The molecule has 1 aromatic carbocycles. The van der Waals surface area contributed by atoms with Gasteiger partial charge in [-0.3, -0.25) is 4.90 Å². The summed E-state index contributed by atoms with van der Waals surface area (Å²) in [5.74, 6) is 0. The van der Waals surface area contributed by atoms with Crippen molar-refractivity contribution in [3.63, 3.8) is 0 Å². The van der Waals surface area contributed by atoms with E-state index in [1.165, 1.54) is 0 Å². The van der Waals surface area contributed by atoms with E-state index in [2.05, 4.69) is 34.5 Å². The molecule has 2 rings (SSSR count). The molecule has 4 N–H and O–H groups in total. The zero-order valence-electron chi connectivity index (χ0n) is 12.8. The number of hydrogen-bond acceptors (Lipinski definition) is 4. The molecule has 6 nitrogen and oxygen atoms in total. The van der Waals surface area contributed by atoms with Crippen LogP contribution in [0.1, 0.15) is 5.56 Å². The van der Waals surface area contributed by atoms with Crippen molar-refractivity contribution in [1.82, 2.24) is 15.1 Å². The van der Waals surface area contributed by atoms with Gasteiger partial charge in [0.1, 0.15) is 0 Å². The van der Waals surface area contributed by atoms with Gasteiger partial charge in [0, 0.05) is 44.5 Å². The molecule has 0 radical (unpaired) electrons. The lowest BCUT2D eigenvalue weighted by molar-refractivity contribution is 0.115. The summed E-state index contributed by atoms with van der Waals surface area (Å²) in [6, 6.07) is 7.75. The highest BCUT2D eigenvalue weighted by Crippen LogP contribution is 2.09. The van der Waals surface area contributed by atoms with Crippen LogP contribution in [-0.2, 0) is 6.54 Å². The van der Waals surface area contributed by atoms with Gasteiger partial charge in [0.05, 0.1) is 0 Å². The van der Waals surface area contributed by atoms with Gasteiger partial charge in [0.25, 0.3) is 0 Å². The van der Waals surface area contributed by atoms with E-state index >= 15 is 0 Å². The zero-order chi connectivity index (χ0) is 15.2. The van der Waals surface area contributed by atoms with E-state index in [1.54, 1.807) is 0 Å². The summed E-state index contributed by atoms with van der Waals surface area (Å²) in [6.45, 7) is 4.24.